The number of hydrogen-bond acceptors (Lipinski definition) is 4. The highest BCUT2D eigenvalue weighted by molar-refractivity contribution is 6.30. The Morgan fingerprint density at radius 2 is 2.05 bits per heavy atom. The van der Waals surface area contributed by atoms with Crippen LogP contribution < -0.4 is 5.43 Å². The first kappa shape index (κ1) is 13.9. The minimum Gasteiger partial charge on any atom is -0.507 e. The molecule has 5 nitrogen and oxygen atoms in total. The monoisotopic (exact) mass is 290 g/mol. The van der Waals surface area contributed by atoms with Crippen LogP contribution in [0.3, 0.4) is 0 Å². The third-order valence-electron chi connectivity index (χ3n) is 2.50. The van der Waals surface area contributed by atoms with Gasteiger partial charge in [-0.05, 0) is 36.4 Å². The summed E-state index contributed by atoms with van der Waals surface area (Å²) in [5, 5.41) is 23.0. The molecule has 102 valence electrons. The van der Waals surface area contributed by atoms with Gasteiger partial charge in [0.15, 0.2) is 0 Å². The van der Waals surface area contributed by atoms with Crippen molar-refractivity contribution in [2.24, 2.45) is 5.10 Å². The Labute approximate surface area is 120 Å². The van der Waals surface area contributed by atoms with Crippen molar-refractivity contribution in [3.63, 3.8) is 0 Å². The summed E-state index contributed by atoms with van der Waals surface area (Å²) in [6.07, 6.45) is 1.34. The number of carboxylic acid groups (broad SMARTS) is 1. The van der Waals surface area contributed by atoms with Crippen LogP contribution in [0.1, 0.15) is 15.9 Å². The van der Waals surface area contributed by atoms with Crippen molar-refractivity contribution in [3.05, 3.63) is 58.6 Å². The smallest absolute Gasteiger partial charge is 0.335 e. The summed E-state index contributed by atoms with van der Waals surface area (Å²) in [6, 6.07) is 10.9. The molecular formula is C14H11ClN2O3. The molecule has 2 aromatic rings. The van der Waals surface area contributed by atoms with Gasteiger partial charge in [0.25, 0.3) is 0 Å². The number of hydrogen-bond donors (Lipinski definition) is 3. The molecule has 0 atom stereocenters. The van der Waals surface area contributed by atoms with Gasteiger partial charge in [0.2, 0.25) is 0 Å². The largest absolute Gasteiger partial charge is 0.507 e. The van der Waals surface area contributed by atoms with Gasteiger partial charge < -0.3 is 10.2 Å². The van der Waals surface area contributed by atoms with Gasteiger partial charge in [-0.2, -0.15) is 5.10 Å². The van der Waals surface area contributed by atoms with Gasteiger partial charge in [-0.15, -0.1) is 0 Å². The van der Waals surface area contributed by atoms with Gasteiger partial charge in [-0.1, -0.05) is 17.7 Å². The molecule has 0 aliphatic rings. The summed E-state index contributed by atoms with van der Waals surface area (Å²) in [7, 11) is 0. The molecule has 2 rings (SSSR count). The predicted molar refractivity (Wildman–Crippen MR) is 77.7 cm³/mol. The van der Waals surface area contributed by atoms with Crippen molar-refractivity contribution in [2.75, 3.05) is 5.43 Å². The highest BCUT2D eigenvalue weighted by atomic mass is 35.5. The van der Waals surface area contributed by atoms with Crippen LogP contribution in [0.25, 0.3) is 0 Å². The third kappa shape index (κ3) is 3.49. The second kappa shape index (κ2) is 6.08. The molecule has 0 aliphatic carbocycles. The lowest BCUT2D eigenvalue weighted by Crippen LogP contribution is -1.98. The van der Waals surface area contributed by atoms with E-state index in [1.165, 1.54) is 24.4 Å². The molecule has 20 heavy (non-hydrogen) atoms. The van der Waals surface area contributed by atoms with Crippen molar-refractivity contribution >= 4 is 29.5 Å². The lowest BCUT2D eigenvalue weighted by Gasteiger charge is -2.02. The van der Waals surface area contributed by atoms with Crippen LogP contribution >= 0.6 is 11.6 Å². The van der Waals surface area contributed by atoms with Crippen LogP contribution in [0.5, 0.6) is 5.75 Å². The molecule has 6 heteroatoms. The molecule has 0 amide bonds. The van der Waals surface area contributed by atoms with Crippen molar-refractivity contribution in [1.82, 2.24) is 0 Å². The number of hydrazone groups is 1. The molecule has 0 radical (unpaired) electrons. The van der Waals surface area contributed by atoms with Gasteiger partial charge in [-0.25, -0.2) is 4.79 Å². The van der Waals surface area contributed by atoms with Crippen LogP contribution in [0.15, 0.2) is 47.6 Å². The van der Waals surface area contributed by atoms with Crippen molar-refractivity contribution < 1.29 is 15.0 Å². The predicted octanol–water partition coefficient (Wildman–Crippen LogP) is 3.19. The van der Waals surface area contributed by atoms with Crippen molar-refractivity contribution in [2.45, 2.75) is 0 Å². The highest BCUT2D eigenvalue weighted by Gasteiger charge is 2.06. The summed E-state index contributed by atoms with van der Waals surface area (Å²) in [6.45, 7) is 0. The van der Waals surface area contributed by atoms with Crippen LogP contribution in [-0.2, 0) is 0 Å². The quantitative estimate of drug-likeness (QED) is 0.596. The number of phenols is 1. The molecule has 2 aromatic carbocycles. The van der Waals surface area contributed by atoms with E-state index >= 15 is 0 Å². The minimum absolute atomic E-state index is 0.0494. The van der Waals surface area contributed by atoms with Crippen LogP contribution in [-0.4, -0.2) is 22.4 Å². The number of nitrogens with one attached hydrogen (secondary N) is 1. The van der Waals surface area contributed by atoms with E-state index in [4.69, 9.17) is 16.7 Å². The van der Waals surface area contributed by atoms with Crippen LogP contribution in [0.2, 0.25) is 5.02 Å². The summed E-state index contributed by atoms with van der Waals surface area (Å²) >= 11 is 5.82. The lowest BCUT2D eigenvalue weighted by molar-refractivity contribution is 0.0697. The minimum atomic E-state index is -1.07. The number of aromatic hydroxyl groups is 1. The fourth-order valence-electron chi connectivity index (χ4n) is 1.53. The van der Waals surface area contributed by atoms with Crippen molar-refractivity contribution in [1.29, 1.82) is 0 Å². The molecule has 0 aliphatic heterocycles. The molecule has 0 saturated heterocycles. The SMILES string of the molecule is O=C(O)c1ccc(O)c(C=NNc2cccc(Cl)c2)c1. The Kier molecular flexibility index (Phi) is 4.22. The molecule has 0 saturated carbocycles. The number of benzene rings is 2. The van der Waals surface area contributed by atoms with Crippen LogP contribution in [0.4, 0.5) is 5.69 Å². The Hall–Kier alpha value is -2.53. The van der Waals surface area contributed by atoms with Crippen molar-refractivity contribution in [3.8, 4) is 5.75 Å². The van der Waals surface area contributed by atoms with Gasteiger partial charge in [0.05, 0.1) is 17.5 Å². The maximum absolute atomic E-state index is 10.8. The summed E-state index contributed by atoms with van der Waals surface area (Å²) in [5.74, 6) is -1.12. The molecule has 0 aromatic heterocycles. The molecule has 0 bridgehead atoms. The second-order valence-corrected chi connectivity index (χ2v) is 4.40. The number of carboxylic acids is 1. The number of rotatable bonds is 4. The lowest BCUT2D eigenvalue weighted by atomic mass is 10.1. The summed E-state index contributed by atoms with van der Waals surface area (Å²) in [5.41, 5.74) is 3.80. The summed E-state index contributed by atoms with van der Waals surface area (Å²) < 4.78 is 0. The Morgan fingerprint density at radius 1 is 1.25 bits per heavy atom. The molecule has 3 N–H and O–H groups in total. The van der Waals surface area contributed by atoms with E-state index < -0.39 is 5.97 Å². The average Bonchev–Trinajstić information content (AvgIpc) is 2.40. The Bertz CT molecular complexity index is 671. The van der Waals surface area contributed by atoms with Gasteiger partial charge >= 0.3 is 5.97 Å². The summed E-state index contributed by atoms with van der Waals surface area (Å²) in [4.78, 5) is 10.8. The average molecular weight is 291 g/mol. The number of phenolic OH excluding ortho intramolecular Hbond substituents is 1. The number of halogens is 1. The third-order valence-corrected chi connectivity index (χ3v) is 2.73. The molecule has 0 unspecified atom stereocenters. The van der Waals surface area contributed by atoms with E-state index in [1.807, 2.05) is 0 Å². The molecule has 0 heterocycles. The standard InChI is InChI=1S/C14H11ClN2O3/c15-11-2-1-3-12(7-11)17-16-8-10-6-9(14(19)20)4-5-13(10)18/h1-8,17-18H,(H,19,20). The number of anilines is 1. The zero-order chi connectivity index (χ0) is 14.5. The fraction of sp³-hybridized carbons (Fsp3) is 0. The topological polar surface area (TPSA) is 81.9 Å². The first-order valence-corrected chi connectivity index (χ1v) is 6.05. The normalized spacial score (nSPS) is 10.7. The van der Waals surface area contributed by atoms with Gasteiger partial charge in [0, 0.05) is 10.6 Å². The van der Waals surface area contributed by atoms with Crippen LogP contribution in [0, 0.1) is 0 Å². The van der Waals surface area contributed by atoms with E-state index in [0.717, 1.165) is 0 Å². The van der Waals surface area contributed by atoms with E-state index in [0.29, 0.717) is 16.3 Å². The highest BCUT2D eigenvalue weighted by Crippen LogP contribution is 2.17. The van der Waals surface area contributed by atoms with Gasteiger partial charge in [0.1, 0.15) is 5.75 Å². The molecule has 0 fully saturated rings. The van der Waals surface area contributed by atoms with E-state index in [-0.39, 0.29) is 11.3 Å². The first-order valence-electron chi connectivity index (χ1n) is 5.67. The van der Waals surface area contributed by atoms with E-state index in [1.54, 1.807) is 24.3 Å². The second-order valence-electron chi connectivity index (χ2n) is 3.96. The fourth-order valence-corrected chi connectivity index (χ4v) is 1.72. The first-order chi connectivity index (χ1) is 9.56. The number of carbonyl (C=O) groups is 1. The Morgan fingerprint density at radius 3 is 2.75 bits per heavy atom. The molecular weight excluding hydrogens is 280 g/mol. The zero-order valence-corrected chi connectivity index (χ0v) is 11.0. The zero-order valence-electron chi connectivity index (χ0n) is 10.2. The maximum atomic E-state index is 10.8. The van der Waals surface area contributed by atoms with E-state index in [2.05, 4.69) is 10.5 Å². The van der Waals surface area contributed by atoms with Gasteiger partial charge in [-0.3, -0.25) is 5.43 Å². The number of nitrogens with zero attached hydrogens (tertiary/aromatic N) is 1. The maximum Gasteiger partial charge on any atom is 0.335 e. The van der Waals surface area contributed by atoms with E-state index in [9.17, 15) is 9.90 Å². The Balaban J connectivity index is 2.15. The molecule has 0 spiro atoms. The number of aromatic carboxylic acids is 1.